The quantitative estimate of drug-likeness (QED) is 0.708. The summed E-state index contributed by atoms with van der Waals surface area (Å²) >= 11 is 0. The van der Waals surface area contributed by atoms with E-state index in [9.17, 15) is 18.0 Å². The van der Waals surface area contributed by atoms with Crippen molar-refractivity contribution in [1.82, 2.24) is 19.5 Å². The summed E-state index contributed by atoms with van der Waals surface area (Å²) in [5.41, 5.74) is 0.769. The predicted octanol–water partition coefficient (Wildman–Crippen LogP) is 1.69. The number of amides is 1. The maximum Gasteiger partial charge on any atom is 0.433 e. The first kappa shape index (κ1) is 19.4. The molecule has 9 heteroatoms. The van der Waals surface area contributed by atoms with Gasteiger partial charge < -0.3 is 9.80 Å². The van der Waals surface area contributed by atoms with Crippen LogP contribution in [0.25, 0.3) is 16.9 Å². The number of nitrogens with one attached hydrogen (secondary N) is 1. The van der Waals surface area contributed by atoms with Gasteiger partial charge in [-0.25, -0.2) is 9.50 Å². The normalized spacial score (nSPS) is 15.8. The zero-order valence-corrected chi connectivity index (χ0v) is 16.1. The molecule has 1 aliphatic heterocycles. The van der Waals surface area contributed by atoms with Crippen LogP contribution in [0.5, 0.6) is 0 Å². The molecule has 2 aromatic heterocycles. The third kappa shape index (κ3) is 3.82. The van der Waals surface area contributed by atoms with Crippen molar-refractivity contribution >= 4 is 11.6 Å². The van der Waals surface area contributed by atoms with Crippen LogP contribution in [-0.2, 0) is 6.18 Å². The van der Waals surface area contributed by atoms with Gasteiger partial charge in [0.15, 0.2) is 17.0 Å². The smallest absolute Gasteiger partial charge is 0.334 e. The summed E-state index contributed by atoms with van der Waals surface area (Å²) in [5.74, 6) is -0.368. The summed E-state index contributed by atoms with van der Waals surface area (Å²) < 4.78 is 41.8. The first-order chi connectivity index (χ1) is 13.7. The molecule has 1 saturated heterocycles. The molecule has 1 N–H and O–H groups in total. The number of carbonyl (C=O) groups excluding carboxylic acids is 1. The molecule has 0 unspecified atom stereocenters. The Morgan fingerprint density at radius 3 is 2.38 bits per heavy atom. The Morgan fingerprint density at radius 2 is 1.76 bits per heavy atom. The number of carbonyl (C=O) groups is 1. The number of piperazine rings is 1. The summed E-state index contributed by atoms with van der Waals surface area (Å²) in [6.45, 7) is 4.58. The van der Waals surface area contributed by atoms with Crippen LogP contribution < -0.4 is 4.90 Å². The Hall–Kier alpha value is -2.94. The van der Waals surface area contributed by atoms with Gasteiger partial charge >= 0.3 is 6.18 Å². The molecule has 6 nitrogen and oxygen atoms in total. The van der Waals surface area contributed by atoms with Gasteiger partial charge in [-0.15, -0.1) is 0 Å². The second-order valence-electron chi connectivity index (χ2n) is 7.44. The molecule has 0 radical (unpaired) electrons. The number of quaternary nitrogens is 1. The molecule has 0 aliphatic carbocycles. The minimum absolute atomic E-state index is 0.00139. The van der Waals surface area contributed by atoms with Gasteiger partial charge in [-0.3, -0.25) is 4.79 Å². The molecule has 0 atom stereocenters. The number of hydrogen-bond donors (Lipinski definition) is 1. The highest BCUT2D eigenvalue weighted by molar-refractivity contribution is 5.93. The topological polar surface area (TPSA) is 54.9 Å². The van der Waals surface area contributed by atoms with E-state index in [-0.39, 0.29) is 22.9 Å². The first-order valence-corrected chi connectivity index (χ1v) is 9.38. The third-order valence-electron chi connectivity index (χ3n) is 5.19. The number of aromatic nitrogens is 3. The van der Waals surface area contributed by atoms with Crippen molar-refractivity contribution in [3.05, 3.63) is 53.3 Å². The van der Waals surface area contributed by atoms with E-state index < -0.39 is 11.9 Å². The van der Waals surface area contributed by atoms with Crippen LogP contribution in [-0.4, -0.2) is 58.6 Å². The first-order valence-electron chi connectivity index (χ1n) is 9.38. The Kier molecular flexibility index (Phi) is 4.77. The SMILES string of the molecule is Cc1ccc(-c2cc(C(F)(F)F)n3nc(C(=O)N4CC[NH+](C)CC4)cc3n2)cc1. The average Bonchev–Trinajstić information content (AvgIpc) is 3.11. The van der Waals surface area contributed by atoms with E-state index in [1.165, 1.54) is 11.0 Å². The van der Waals surface area contributed by atoms with Gasteiger partial charge in [0.25, 0.3) is 5.91 Å². The van der Waals surface area contributed by atoms with Crippen molar-refractivity contribution in [2.24, 2.45) is 0 Å². The standard InChI is InChI=1S/C20H20F3N5O/c1-13-3-5-14(6-4-13)15-11-17(20(21,22)23)28-18(24-15)12-16(25-28)19(29)27-9-7-26(2)8-10-27/h3-6,11-12H,7-10H2,1-2H3/p+1. The molecular formula is C20H21F3N5O+. The molecule has 0 saturated carbocycles. The number of halogens is 3. The molecule has 152 valence electrons. The third-order valence-corrected chi connectivity index (χ3v) is 5.19. The zero-order valence-electron chi connectivity index (χ0n) is 16.1. The number of rotatable bonds is 2. The van der Waals surface area contributed by atoms with Crippen molar-refractivity contribution < 1.29 is 22.9 Å². The number of likely N-dealkylation sites (N-methyl/N-ethyl adjacent to an activating group) is 1. The maximum atomic E-state index is 13.7. The van der Waals surface area contributed by atoms with E-state index in [1.54, 1.807) is 17.0 Å². The van der Waals surface area contributed by atoms with E-state index in [4.69, 9.17) is 0 Å². The molecule has 4 rings (SSSR count). The number of nitrogens with zero attached hydrogens (tertiary/aromatic N) is 4. The second-order valence-corrected chi connectivity index (χ2v) is 7.44. The number of fused-ring (bicyclic) bond motifs is 1. The van der Waals surface area contributed by atoms with Crippen LogP contribution >= 0.6 is 0 Å². The number of hydrogen-bond acceptors (Lipinski definition) is 3. The Labute approximate surface area is 165 Å². The largest absolute Gasteiger partial charge is 0.433 e. The molecule has 0 bridgehead atoms. The van der Waals surface area contributed by atoms with Crippen LogP contribution in [0.3, 0.4) is 0 Å². The maximum absolute atomic E-state index is 13.7. The summed E-state index contributed by atoms with van der Waals surface area (Å²) in [4.78, 5) is 20.0. The molecule has 1 aromatic carbocycles. The summed E-state index contributed by atoms with van der Waals surface area (Å²) in [6, 6.07) is 9.38. The minimum atomic E-state index is -4.63. The predicted molar refractivity (Wildman–Crippen MR) is 101 cm³/mol. The van der Waals surface area contributed by atoms with E-state index in [0.717, 1.165) is 24.7 Å². The fourth-order valence-corrected chi connectivity index (χ4v) is 3.41. The van der Waals surface area contributed by atoms with E-state index in [0.29, 0.717) is 23.2 Å². The summed E-state index contributed by atoms with van der Waals surface area (Å²) in [5, 5.41) is 3.96. The monoisotopic (exact) mass is 404 g/mol. The fraction of sp³-hybridized carbons (Fsp3) is 0.350. The van der Waals surface area contributed by atoms with E-state index in [1.807, 2.05) is 26.1 Å². The van der Waals surface area contributed by atoms with Gasteiger partial charge in [0.2, 0.25) is 0 Å². The lowest BCUT2D eigenvalue weighted by molar-refractivity contribution is -0.883. The molecule has 3 aromatic rings. The second kappa shape index (κ2) is 7.14. The Balaban J connectivity index is 1.78. The van der Waals surface area contributed by atoms with E-state index >= 15 is 0 Å². The molecule has 3 heterocycles. The van der Waals surface area contributed by atoms with Crippen molar-refractivity contribution in [2.45, 2.75) is 13.1 Å². The van der Waals surface area contributed by atoms with E-state index in [2.05, 4.69) is 10.1 Å². The highest BCUT2D eigenvalue weighted by Crippen LogP contribution is 2.32. The van der Waals surface area contributed by atoms with Gasteiger partial charge in [0, 0.05) is 11.6 Å². The van der Waals surface area contributed by atoms with Gasteiger partial charge in [-0.1, -0.05) is 29.8 Å². The zero-order chi connectivity index (χ0) is 20.8. The van der Waals surface area contributed by atoms with Crippen molar-refractivity contribution in [3.8, 4) is 11.3 Å². The minimum Gasteiger partial charge on any atom is -0.334 e. The molecule has 1 amide bonds. The van der Waals surface area contributed by atoms with Gasteiger partial charge in [0.05, 0.1) is 38.9 Å². The van der Waals surface area contributed by atoms with Gasteiger partial charge in [-0.05, 0) is 13.0 Å². The van der Waals surface area contributed by atoms with Crippen molar-refractivity contribution in [3.63, 3.8) is 0 Å². The number of aryl methyl sites for hydroxylation is 1. The Morgan fingerprint density at radius 1 is 1.10 bits per heavy atom. The molecule has 0 spiro atoms. The number of benzene rings is 1. The van der Waals surface area contributed by atoms with Crippen LogP contribution in [0, 0.1) is 6.92 Å². The average molecular weight is 404 g/mol. The molecule has 1 aliphatic rings. The molecule has 29 heavy (non-hydrogen) atoms. The van der Waals surface area contributed by atoms with Crippen LogP contribution in [0.15, 0.2) is 36.4 Å². The van der Waals surface area contributed by atoms with Gasteiger partial charge in [0.1, 0.15) is 0 Å². The summed E-state index contributed by atoms with van der Waals surface area (Å²) in [7, 11) is 2.04. The lowest BCUT2D eigenvalue weighted by atomic mass is 10.1. The van der Waals surface area contributed by atoms with Crippen molar-refractivity contribution in [1.29, 1.82) is 0 Å². The summed E-state index contributed by atoms with van der Waals surface area (Å²) in [6.07, 6.45) is -4.63. The van der Waals surface area contributed by atoms with Gasteiger partial charge in [-0.2, -0.15) is 18.3 Å². The highest BCUT2D eigenvalue weighted by Gasteiger charge is 2.36. The molecular weight excluding hydrogens is 383 g/mol. The van der Waals surface area contributed by atoms with Crippen LogP contribution in [0.2, 0.25) is 0 Å². The van der Waals surface area contributed by atoms with Crippen LogP contribution in [0.4, 0.5) is 13.2 Å². The highest BCUT2D eigenvalue weighted by atomic mass is 19.4. The fourth-order valence-electron chi connectivity index (χ4n) is 3.41. The Bertz CT molecular complexity index is 1050. The van der Waals surface area contributed by atoms with Crippen LogP contribution in [0.1, 0.15) is 21.7 Å². The molecule has 1 fully saturated rings. The number of alkyl halides is 3. The van der Waals surface area contributed by atoms with Crippen molar-refractivity contribution in [2.75, 3.05) is 33.2 Å². The lowest BCUT2D eigenvalue weighted by Crippen LogP contribution is -3.12. The lowest BCUT2D eigenvalue weighted by Gasteiger charge is -2.29.